The van der Waals surface area contributed by atoms with Gasteiger partial charge in [-0.2, -0.15) is 20.4 Å². The molecule has 0 aromatic heterocycles. The Balaban J connectivity index is -0.0000000600. The number of hydrogen-bond acceptors (Lipinski definition) is 6. The molecule has 0 atom stereocenters. The second kappa shape index (κ2) is 31.8. The molecular formula is C7H20N6. The molecule has 0 rings (SSSR count). The smallest absolute Gasteiger partial charge is 0.117 e. The molecule has 0 aliphatic heterocycles. The van der Waals surface area contributed by atoms with E-state index >= 15 is 0 Å². The zero-order valence-electron chi connectivity index (χ0n) is 6.32. The molecule has 2 N–H and O–H groups in total. The maximum atomic E-state index is 3.32. The monoisotopic (exact) mass is 188 g/mol. The van der Waals surface area contributed by atoms with E-state index in [0.717, 1.165) is 0 Å². The molecule has 6 nitrogen and oxygen atoms in total. The second-order valence-electron chi connectivity index (χ2n) is 1.09. The summed E-state index contributed by atoms with van der Waals surface area (Å²) in [6.07, 6.45) is 0. The van der Waals surface area contributed by atoms with Gasteiger partial charge in [-0.3, -0.25) is 10.9 Å². The predicted molar refractivity (Wildman–Crippen MR) is 62.8 cm³/mol. The second-order valence-corrected chi connectivity index (χ2v) is 1.09. The molecule has 0 fully saturated rings. The zero-order chi connectivity index (χ0) is 8.95. The quantitative estimate of drug-likeness (QED) is 0.291. The summed E-state index contributed by atoms with van der Waals surface area (Å²) in [5.41, 5.74) is 5.04. The van der Waals surface area contributed by atoms with Crippen LogP contribution in [0.15, 0.2) is 20.4 Å². The molecule has 0 aliphatic carbocycles. The third kappa shape index (κ3) is 65.5. The summed E-state index contributed by atoms with van der Waals surface area (Å²) in [5.74, 6) is 0. The van der Waals surface area contributed by atoms with Gasteiger partial charge in [0.1, 0.15) is 6.67 Å². The summed E-state index contributed by atoms with van der Waals surface area (Å²) in [5, 5.41) is 12.6. The molecule has 0 saturated carbocycles. The van der Waals surface area contributed by atoms with Gasteiger partial charge in [0.05, 0.1) is 0 Å². The van der Waals surface area contributed by atoms with Crippen LogP contribution in [-0.4, -0.2) is 33.5 Å². The molecular weight excluding hydrogens is 168 g/mol. The van der Waals surface area contributed by atoms with Crippen LogP contribution in [0.25, 0.3) is 0 Å². The fourth-order valence-electron chi connectivity index (χ4n) is 0.147. The Kier molecular flexibility index (Phi) is 54.9. The molecule has 0 amide bonds. The predicted octanol–water partition coefficient (Wildman–Crippen LogP) is 0.929. The van der Waals surface area contributed by atoms with E-state index in [2.05, 4.69) is 58.1 Å². The average Bonchev–Trinajstić information content (AvgIpc) is 2.06. The van der Waals surface area contributed by atoms with Crippen molar-refractivity contribution in [3.05, 3.63) is 0 Å². The van der Waals surface area contributed by atoms with Crippen LogP contribution in [0, 0.1) is 0 Å². The third-order valence-electron chi connectivity index (χ3n) is 0.482. The number of rotatable bonds is 5. The summed E-state index contributed by atoms with van der Waals surface area (Å²) in [4.78, 5) is 0. The van der Waals surface area contributed by atoms with Crippen LogP contribution >= 0.6 is 0 Å². The number of nitrogens with one attached hydrogen (secondary N) is 2. The van der Waals surface area contributed by atoms with Crippen molar-refractivity contribution in [3.8, 4) is 0 Å². The van der Waals surface area contributed by atoms with E-state index in [-0.39, 0.29) is 14.9 Å². The molecule has 13 heavy (non-hydrogen) atoms. The Morgan fingerprint density at radius 2 is 1.08 bits per heavy atom. The lowest BCUT2D eigenvalue weighted by Crippen LogP contribution is -2.19. The van der Waals surface area contributed by atoms with Crippen molar-refractivity contribution in [1.82, 2.24) is 10.9 Å². The van der Waals surface area contributed by atoms with E-state index in [1.54, 1.807) is 0 Å². The van der Waals surface area contributed by atoms with Gasteiger partial charge in [-0.25, -0.2) is 0 Å². The largest absolute Gasteiger partial charge is 0.290 e. The lowest BCUT2D eigenvalue weighted by molar-refractivity contribution is 0.635. The highest BCUT2D eigenvalue weighted by atomic mass is 15.4. The zero-order valence-corrected chi connectivity index (χ0v) is 6.32. The molecule has 0 radical (unpaired) electrons. The minimum Gasteiger partial charge on any atom is -0.290 e. The highest BCUT2D eigenvalue weighted by molar-refractivity contribution is 5.28. The van der Waals surface area contributed by atoms with E-state index in [0.29, 0.717) is 6.67 Å². The van der Waals surface area contributed by atoms with Gasteiger partial charge in [0.2, 0.25) is 0 Å². The molecule has 0 saturated heterocycles. The van der Waals surface area contributed by atoms with Crippen LogP contribution in [0.3, 0.4) is 0 Å². The number of nitrogens with zero attached hydrogens (tertiary/aromatic N) is 4. The molecule has 0 heterocycles. The topological polar surface area (TPSA) is 73.5 Å². The lowest BCUT2D eigenvalue weighted by atomic mass is 11.2. The molecule has 0 aromatic rings. The molecule has 0 spiro atoms. The van der Waals surface area contributed by atoms with Crippen molar-refractivity contribution >= 4 is 26.9 Å². The summed E-state index contributed by atoms with van der Waals surface area (Å²) >= 11 is 0. The number of hydrazone groups is 2. The Morgan fingerprint density at radius 1 is 0.769 bits per heavy atom. The third-order valence-corrected chi connectivity index (χ3v) is 0.482. The van der Waals surface area contributed by atoms with Gasteiger partial charge in [0.25, 0.3) is 0 Å². The summed E-state index contributed by atoms with van der Waals surface area (Å²) in [7, 11) is 0. The van der Waals surface area contributed by atoms with Gasteiger partial charge in [-0.15, -0.1) is 0 Å². The van der Waals surface area contributed by atoms with E-state index in [4.69, 9.17) is 0 Å². The first-order chi connectivity index (χ1) is 5.33. The van der Waals surface area contributed by atoms with E-state index in [1.165, 1.54) is 0 Å². The SMILES string of the molecule is C.C.C=NN=C.C=NNCNN=C. The van der Waals surface area contributed by atoms with Crippen molar-refractivity contribution in [2.24, 2.45) is 20.4 Å². The van der Waals surface area contributed by atoms with Crippen LogP contribution < -0.4 is 10.9 Å². The first-order valence-corrected chi connectivity index (χ1v) is 2.62. The van der Waals surface area contributed by atoms with Crippen LogP contribution in [0.5, 0.6) is 0 Å². The van der Waals surface area contributed by atoms with E-state index < -0.39 is 0 Å². The summed E-state index contributed by atoms with van der Waals surface area (Å²) in [6.45, 7) is 12.8. The highest BCUT2D eigenvalue weighted by Crippen LogP contribution is 1.48. The van der Waals surface area contributed by atoms with E-state index in [9.17, 15) is 0 Å². The summed E-state index contributed by atoms with van der Waals surface area (Å²) in [6, 6.07) is 0. The van der Waals surface area contributed by atoms with Gasteiger partial charge < -0.3 is 0 Å². The minimum atomic E-state index is 0. The van der Waals surface area contributed by atoms with Crippen molar-refractivity contribution in [2.45, 2.75) is 14.9 Å². The summed E-state index contributed by atoms with van der Waals surface area (Å²) < 4.78 is 0. The van der Waals surface area contributed by atoms with Crippen LogP contribution in [0.1, 0.15) is 14.9 Å². The molecule has 0 unspecified atom stereocenters. The van der Waals surface area contributed by atoms with Crippen molar-refractivity contribution in [1.29, 1.82) is 0 Å². The average molecular weight is 188 g/mol. The van der Waals surface area contributed by atoms with Crippen LogP contribution in [-0.2, 0) is 0 Å². The molecule has 0 aliphatic rings. The molecule has 0 bridgehead atoms. The Bertz CT molecular complexity index is 108. The fraction of sp³-hybridized carbons (Fsp3) is 0.429. The fourth-order valence-corrected chi connectivity index (χ4v) is 0.147. The van der Waals surface area contributed by atoms with Crippen molar-refractivity contribution < 1.29 is 0 Å². The van der Waals surface area contributed by atoms with Crippen LogP contribution in [0.4, 0.5) is 0 Å². The lowest BCUT2D eigenvalue weighted by Gasteiger charge is -1.94. The molecule has 0 aromatic carbocycles. The Labute approximate surface area is 80.5 Å². The highest BCUT2D eigenvalue weighted by Gasteiger charge is 1.66. The Hall–Kier alpha value is -1.72. The first-order valence-electron chi connectivity index (χ1n) is 2.62. The van der Waals surface area contributed by atoms with Crippen LogP contribution in [0.2, 0.25) is 0 Å². The van der Waals surface area contributed by atoms with Gasteiger partial charge in [-0.05, 0) is 0 Å². The first kappa shape index (κ1) is 22.5. The van der Waals surface area contributed by atoms with Gasteiger partial charge >= 0.3 is 0 Å². The molecule has 78 valence electrons. The Morgan fingerprint density at radius 3 is 1.23 bits per heavy atom. The van der Waals surface area contributed by atoms with Gasteiger partial charge in [0, 0.05) is 26.9 Å². The normalized spacial score (nSPS) is 5.23. The maximum Gasteiger partial charge on any atom is 0.117 e. The van der Waals surface area contributed by atoms with Crippen molar-refractivity contribution in [2.75, 3.05) is 6.67 Å². The van der Waals surface area contributed by atoms with Gasteiger partial charge in [0.15, 0.2) is 0 Å². The number of hydrogen-bond donors (Lipinski definition) is 2. The van der Waals surface area contributed by atoms with Crippen molar-refractivity contribution in [3.63, 3.8) is 0 Å². The van der Waals surface area contributed by atoms with Gasteiger partial charge in [-0.1, -0.05) is 14.9 Å². The minimum absolute atomic E-state index is 0. The standard InChI is InChI=1S/C3H8N4.C2H4N2.2CH4/c1-4-6-3-7-5-2;1-3-4-2;;/h6-7H,1-3H2;1-2H2;2*1H4. The maximum absolute atomic E-state index is 3.32. The molecule has 6 heteroatoms. The van der Waals surface area contributed by atoms with E-state index in [1.807, 2.05) is 0 Å².